The van der Waals surface area contributed by atoms with E-state index in [1.807, 2.05) is 31.2 Å². The van der Waals surface area contributed by atoms with Crippen molar-refractivity contribution in [2.75, 3.05) is 31.2 Å². The van der Waals surface area contributed by atoms with Crippen molar-refractivity contribution < 1.29 is 14.3 Å². The van der Waals surface area contributed by atoms with Crippen LogP contribution in [-0.4, -0.2) is 38.1 Å². The number of carbonyl (C=O) groups is 2. The molecule has 120 valence electrons. The fourth-order valence-corrected chi connectivity index (χ4v) is 2.96. The largest absolute Gasteiger partial charge is 0.382 e. The van der Waals surface area contributed by atoms with Crippen LogP contribution in [0.3, 0.4) is 0 Å². The zero-order chi connectivity index (χ0) is 15.9. The average molecular weight is 369 g/mol. The van der Waals surface area contributed by atoms with Crippen molar-refractivity contribution >= 4 is 33.4 Å². The van der Waals surface area contributed by atoms with Crippen molar-refractivity contribution in [3.63, 3.8) is 0 Å². The Morgan fingerprint density at radius 3 is 2.95 bits per heavy atom. The quantitative estimate of drug-likeness (QED) is 0.751. The fourth-order valence-electron chi connectivity index (χ4n) is 2.46. The van der Waals surface area contributed by atoms with Crippen molar-refractivity contribution in [1.29, 1.82) is 0 Å². The van der Waals surface area contributed by atoms with E-state index in [0.29, 0.717) is 26.3 Å². The van der Waals surface area contributed by atoms with Crippen LogP contribution in [0.1, 0.15) is 19.8 Å². The van der Waals surface area contributed by atoms with Gasteiger partial charge in [0.1, 0.15) is 0 Å². The summed E-state index contributed by atoms with van der Waals surface area (Å²) in [5.74, 6) is -0.354. The van der Waals surface area contributed by atoms with Gasteiger partial charge in [-0.3, -0.25) is 9.59 Å². The molecule has 1 atom stereocenters. The van der Waals surface area contributed by atoms with E-state index in [2.05, 4.69) is 21.2 Å². The molecule has 1 heterocycles. The second-order valence-corrected chi connectivity index (χ2v) is 6.05. The summed E-state index contributed by atoms with van der Waals surface area (Å²) in [5.41, 5.74) is 0.819. The van der Waals surface area contributed by atoms with E-state index < -0.39 is 0 Å². The zero-order valence-electron chi connectivity index (χ0n) is 12.7. The van der Waals surface area contributed by atoms with Gasteiger partial charge in [-0.05, 0) is 41.4 Å². The molecule has 5 nitrogen and oxygen atoms in total. The molecule has 1 unspecified atom stereocenters. The van der Waals surface area contributed by atoms with E-state index in [1.165, 1.54) is 0 Å². The van der Waals surface area contributed by atoms with Gasteiger partial charge in [-0.25, -0.2) is 0 Å². The van der Waals surface area contributed by atoms with Crippen molar-refractivity contribution in [3.05, 3.63) is 28.7 Å². The number of nitrogens with zero attached hydrogens (tertiary/aromatic N) is 1. The number of ether oxygens (including phenoxy) is 1. The number of carbonyl (C=O) groups excluding carboxylic acids is 2. The van der Waals surface area contributed by atoms with Crippen LogP contribution in [0, 0.1) is 5.92 Å². The van der Waals surface area contributed by atoms with Gasteiger partial charge in [-0.1, -0.05) is 12.1 Å². The highest BCUT2D eigenvalue weighted by Crippen LogP contribution is 2.31. The lowest BCUT2D eigenvalue weighted by molar-refractivity contribution is -0.126. The van der Waals surface area contributed by atoms with Crippen molar-refractivity contribution in [2.24, 2.45) is 5.92 Å². The maximum atomic E-state index is 12.2. The van der Waals surface area contributed by atoms with E-state index in [1.54, 1.807) is 4.90 Å². The van der Waals surface area contributed by atoms with Crippen LogP contribution in [0.5, 0.6) is 0 Å². The first-order chi connectivity index (χ1) is 10.6. The van der Waals surface area contributed by atoms with Crippen LogP contribution in [0.4, 0.5) is 5.69 Å². The molecule has 0 radical (unpaired) electrons. The molecule has 6 heteroatoms. The number of hydrogen-bond donors (Lipinski definition) is 1. The highest BCUT2D eigenvalue weighted by Gasteiger charge is 2.35. The summed E-state index contributed by atoms with van der Waals surface area (Å²) in [6.07, 6.45) is 1.05. The van der Waals surface area contributed by atoms with Gasteiger partial charge < -0.3 is 15.0 Å². The minimum absolute atomic E-state index is 0.0126. The Morgan fingerprint density at radius 1 is 1.45 bits per heavy atom. The Morgan fingerprint density at radius 2 is 2.23 bits per heavy atom. The first-order valence-electron chi connectivity index (χ1n) is 7.53. The first kappa shape index (κ1) is 17.0. The second kappa shape index (κ2) is 8.29. The molecule has 1 aliphatic heterocycles. The van der Waals surface area contributed by atoms with Gasteiger partial charge in [0.2, 0.25) is 11.8 Å². The van der Waals surface area contributed by atoms with Gasteiger partial charge in [0.05, 0.1) is 11.6 Å². The summed E-state index contributed by atoms with van der Waals surface area (Å²) in [6, 6.07) is 7.55. The molecular formula is C16H21BrN2O3. The van der Waals surface area contributed by atoms with Gasteiger partial charge in [0.15, 0.2) is 0 Å². The molecule has 1 saturated heterocycles. The molecule has 0 saturated carbocycles. The highest BCUT2D eigenvalue weighted by molar-refractivity contribution is 9.10. The number of benzene rings is 1. The van der Waals surface area contributed by atoms with E-state index in [9.17, 15) is 9.59 Å². The summed E-state index contributed by atoms with van der Waals surface area (Å²) in [4.78, 5) is 26.0. The number of rotatable bonds is 7. The smallest absolute Gasteiger partial charge is 0.227 e. The molecule has 22 heavy (non-hydrogen) atoms. The van der Waals surface area contributed by atoms with Crippen LogP contribution in [-0.2, 0) is 14.3 Å². The van der Waals surface area contributed by atoms with Gasteiger partial charge in [-0.2, -0.15) is 0 Å². The molecule has 1 aliphatic rings. The Balaban J connectivity index is 1.87. The van der Waals surface area contributed by atoms with Crippen molar-refractivity contribution in [1.82, 2.24) is 5.32 Å². The zero-order valence-corrected chi connectivity index (χ0v) is 14.3. The standard InChI is InChI=1S/C16H21BrN2O3/c1-2-22-9-5-8-18-16(21)12-10-15(20)19(11-12)14-7-4-3-6-13(14)17/h3-4,6-7,12H,2,5,8-11H2,1H3,(H,18,21). The first-order valence-corrected chi connectivity index (χ1v) is 8.33. The van der Waals surface area contributed by atoms with E-state index in [-0.39, 0.29) is 24.2 Å². The molecule has 1 aromatic carbocycles. The summed E-state index contributed by atoms with van der Waals surface area (Å²) in [7, 11) is 0. The Bertz CT molecular complexity index is 536. The number of amides is 2. The summed E-state index contributed by atoms with van der Waals surface area (Å²) < 4.78 is 6.09. The van der Waals surface area contributed by atoms with Crippen molar-refractivity contribution in [3.8, 4) is 0 Å². The van der Waals surface area contributed by atoms with E-state index in [4.69, 9.17) is 4.74 Å². The molecule has 1 N–H and O–H groups in total. The monoisotopic (exact) mass is 368 g/mol. The second-order valence-electron chi connectivity index (χ2n) is 5.20. The lowest BCUT2D eigenvalue weighted by atomic mass is 10.1. The molecule has 1 fully saturated rings. The SMILES string of the molecule is CCOCCCNC(=O)C1CC(=O)N(c2ccccc2Br)C1. The number of nitrogens with one attached hydrogen (secondary N) is 1. The van der Waals surface area contributed by atoms with Gasteiger partial charge >= 0.3 is 0 Å². The van der Waals surface area contributed by atoms with Gasteiger partial charge in [-0.15, -0.1) is 0 Å². The number of halogens is 1. The van der Waals surface area contributed by atoms with Crippen LogP contribution < -0.4 is 10.2 Å². The van der Waals surface area contributed by atoms with Crippen molar-refractivity contribution in [2.45, 2.75) is 19.8 Å². The third-order valence-corrected chi connectivity index (χ3v) is 4.28. The lowest BCUT2D eigenvalue weighted by Crippen LogP contribution is -2.34. The molecule has 0 aromatic heterocycles. The lowest BCUT2D eigenvalue weighted by Gasteiger charge is -2.18. The maximum absolute atomic E-state index is 12.2. The van der Waals surface area contributed by atoms with Gasteiger partial charge in [0, 0.05) is 37.2 Å². The summed E-state index contributed by atoms with van der Waals surface area (Å²) >= 11 is 3.45. The topological polar surface area (TPSA) is 58.6 Å². The third-order valence-electron chi connectivity index (χ3n) is 3.61. The normalized spacial score (nSPS) is 17.8. The minimum atomic E-state index is -0.285. The number of para-hydroxylation sites is 1. The predicted molar refractivity (Wildman–Crippen MR) is 88.7 cm³/mol. The number of anilines is 1. The van der Waals surface area contributed by atoms with Crippen LogP contribution in [0.15, 0.2) is 28.7 Å². The Labute approximate surface area is 139 Å². The Hall–Kier alpha value is -1.40. The molecule has 2 rings (SSSR count). The van der Waals surface area contributed by atoms with Gasteiger partial charge in [0.25, 0.3) is 0 Å². The highest BCUT2D eigenvalue weighted by atomic mass is 79.9. The van der Waals surface area contributed by atoms with E-state index >= 15 is 0 Å². The van der Waals surface area contributed by atoms with E-state index in [0.717, 1.165) is 16.6 Å². The Kier molecular flexibility index (Phi) is 6.39. The summed E-state index contributed by atoms with van der Waals surface area (Å²) in [5, 5.41) is 2.88. The minimum Gasteiger partial charge on any atom is -0.382 e. The number of hydrogen-bond acceptors (Lipinski definition) is 3. The van der Waals surface area contributed by atoms with Crippen LogP contribution in [0.2, 0.25) is 0 Å². The average Bonchev–Trinajstić information content (AvgIpc) is 2.89. The molecular weight excluding hydrogens is 348 g/mol. The van der Waals surface area contributed by atoms with Crippen LogP contribution in [0.25, 0.3) is 0 Å². The summed E-state index contributed by atoms with van der Waals surface area (Å²) in [6.45, 7) is 4.28. The predicted octanol–water partition coefficient (Wildman–Crippen LogP) is 2.34. The molecule has 0 spiro atoms. The maximum Gasteiger partial charge on any atom is 0.227 e. The molecule has 0 bridgehead atoms. The van der Waals surface area contributed by atoms with Crippen LogP contribution >= 0.6 is 15.9 Å². The molecule has 1 aromatic rings. The fraction of sp³-hybridized carbons (Fsp3) is 0.500. The molecule has 0 aliphatic carbocycles. The molecule has 2 amide bonds. The third kappa shape index (κ3) is 4.30.